The van der Waals surface area contributed by atoms with Crippen molar-refractivity contribution in [2.24, 2.45) is 0 Å². The van der Waals surface area contributed by atoms with Gasteiger partial charge in [-0.25, -0.2) is 0 Å². The summed E-state index contributed by atoms with van der Waals surface area (Å²) >= 11 is 11.9. The molecule has 162 valence electrons. The van der Waals surface area contributed by atoms with Crippen LogP contribution in [0.1, 0.15) is 18.4 Å². The SMILES string of the molecule is O=C1CN(CCCN2CCN(C(=O)C=Cc3ccc(Cl)c(Cl)c3)CCC2=O)CCN1. The number of benzene rings is 1. The van der Waals surface area contributed by atoms with Gasteiger partial charge in [0.1, 0.15) is 0 Å². The van der Waals surface area contributed by atoms with Gasteiger partial charge in [0.15, 0.2) is 0 Å². The molecule has 2 saturated heterocycles. The van der Waals surface area contributed by atoms with E-state index in [1.807, 2.05) is 4.90 Å². The number of hydrogen-bond acceptors (Lipinski definition) is 4. The highest BCUT2D eigenvalue weighted by Crippen LogP contribution is 2.23. The molecule has 2 heterocycles. The number of piperazine rings is 1. The van der Waals surface area contributed by atoms with Crippen LogP contribution in [0.2, 0.25) is 10.0 Å². The number of amides is 3. The van der Waals surface area contributed by atoms with E-state index in [9.17, 15) is 14.4 Å². The average molecular weight is 453 g/mol. The molecule has 0 radical (unpaired) electrons. The predicted molar refractivity (Wildman–Crippen MR) is 117 cm³/mol. The summed E-state index contributed by atoms with van der Waals surface area (Å²) in [4.78, 5) is 42.0. The van der Waals surface area contributed by atoms with Crippen molar-refractivity contribution in [3.8, 4) is 0 Å². The lowest BCUT2D eigenvalue weighted by Crippen LogP contribution is -2.48. The molecule has 0 spiro atoms. The van der Waals surface area contributed by atoms with Gasteiger partial charge < -0.3 is 15.1 Å². The fraction of sp³-hybridized carbons (Fsp3) is 0.476. The van der Waals surface area contributed by atoms with Crippen LogP contribution < -0.4 is 5.32 Å². The van der Waals surface area contributed by atoms with E-state index in [4.69, 9.17) is 23.2 Å². The Balaban J connectivity index is 1.47. The molecule has 3 amide bonds. The topological polar surface area (TPSA) is 73.0 Å². The van der Waals surface area contributed by atoms with Gasteiger partial charge in [0.25, 0.3) is 0 Å². The molecule has 30 heavy (non-hydrogen) atoms. The van der Waals surface area contributed by atoms with E-state index in [2.05, 4.69) is 10.2 Å². The Morgan fingerprint density at radius 2 is 1.90 bits per heavy atom. The first-order valence-electron chi connectivity index (χ1n) is 10.1. The Bertz CT molecular complexity index is 830. The Hall–Kier alpha value is -2.09. The zero-order valence-electron chi connectivity index (χ0n) is 16.8. The molecule has 0 saturated carbocycles. The standard InChI is InChI=1S/C21H26Cl2N4O3/c22-17-4-2-16(14-18(17)23)3-5-20(29)27-10-6-21(30)26(12-13-27)9-1-8-25-11-7-24-19(28)15-25/h2-5,14H,1,6-13,15H2,(H,24,28). The van der Waals surface area contributed by atoms with Crippen molar-refractivity contribution in [2.75, 3.05) is 52.4 Å². The monoisotopic (exact) mass is 452 g/mol. The molecule has 7 nitrogen and oxygen atoms in total. The Labute approximate surface area is 186 Å². The number of halogens is 2. The molecule has 0 unspecified atom stereocenters. The minimum atomic E-state index is -0.130. The van der Waals surface area contributed by atoms with E-state index >= 15 is 0 Å². The van der Waals surface area contributed by atoms with E-state index in [0.717, 1.165) is 25.1 Å². The Kier molecular flexibility index (Phi) is 8.13. The van der Waals surface area contributed by atoms with Crippen molar-refractivity contribution < 1.29 is 14.4 Å². The van der Waals surface area contributed by atoms with Crippen LogP contribution in [0.4, 0.5) is 0 Å². The number of nitrogens with one attached hydrogen (secondary N) is 1. The largest absolute Gasteiger partial charge is 0.354 e. The van der Waals surface area contributed by atoms with Gasteiger partial charge in [-0.1, -0.05) is 29.3 Å². The molecule has 0 bridgehead atoms. The number of hydrogen-bond donors (Lipinski definition) is 1. The maximum atomic E-state index is 12.5. The van der Waals surface area contributed by atoms with Crippen LogP contribution in [0, 0.1) is 0 Å². The number of rotatable bonds is 6. The maximum Gasteiger partial charge on any atom is 0.246 e. The number of carbonyl (C=O) groups is 3. The predicted octanol–water partition coefficient (Wildman–Crippen LogP) is 1.89. The fourth-order valence-corrected chi connectivity index (χ4v) is 3.89. The molecule has 2 aliphatic heterocycles. The molecule has 0 aliphatic carbocycles. The third kappa shape index (κ3) is 6.45. The van der Waals surface area contributed by atoms with Crippen LogP contribution in [-0.2, 0) is 14.4 Å². The van der Waals surface area contributed by atoms with Crippen LogP contribution in [0.25, 0.3) is 6.08 Å². The normalized spacial score (nSPS) is 18.6. The smallest absolute Gasteiger partial charge is 0.246 e. The third-order valence-corrected chi connectivity index (χ3v) is 6.02. The van der Waals surface area contributed by atoms with E-state index in [-0.39, 0.29) is 17.7 Å². The second kappa shape index (κ2) is 10.8. The maximum absolute atomic E-state index is 12.5. The molecule has 3 rings (SSSR count). The number of carbonyl (C=O) groups excluding carboxylic acids is 3. The highest BCUT2D eigenvalue weighted by molar-refractivity contribution is 6.42. The highest BCUT2D eigenvalue weighted by Gasteiger charge is 2.23. The van der Waals surface area contributed by atoms with Crippen LogP contribution >= 0.6 is 23.2 Å². The lowest BCUT2D eigenvalue weighted by atomic mass is 10.2. The molecule has 2 aliphatic rings. The second-order valence-electron chi connectivity index (χ2n) is 7.44. The molecule has 1 aromatic carbocycles. The molecule has 1 N–H and O–H groups in total. The van der Waals surface area contributed by atoms with Crippen LogP contribution in [0.5, 0.6) is 0 Å². The van der Waals surface area contributed by atoms with Gasteiger partial charge in [-0.3, -0.25) is 19.3 Å². The average Bonchev–Trinajstić information content (AvgIpc) is 2.91. The molecule has 9 heteroatoms. The van der Waals surface area contributed by atoms with Gasteiger partial charge >= 0.3 is 0 Å². The minimum absolute atomic E-state index is 0.0511. The van der Waals surface area contributed by atoms with Gasteiger partial charge in [-0.05, 0) is 30.2 Å². The van der Waals surface area contributed by atoms with Gasteiger partial charge in [-0.2, -0.15) is 0 Å². The summed E-state index contributed by atoms with van der Waals surface area (Å²) in [5.41, 5.74) is 0.789. The molecule has 1 aromatic rings. The van der Waals surface area contributed by atoms with Crippen molar-refractivity contribution in [3.05, 3.63) is 39.9 Å². The van der Waals surface area contributed by atoms with Gasteiger partial charge in [-0.15, -0.1) is 0 Å². The first-order chi connectivity index (χ1) is 14.4. The summed E-state index contributed by atoms with van der Waals surface area (Å²) in [6.45, 7) is 4.79. The fourth-order valence-electron chi connectivity index (χ4n) is 3.58. The van der Waals surface area contributed by atoms with E-state index < -0.39 is 0 Å². The Morgan fingerprint density at radius 3 is 2.67 bits per heavy atom. The molecular formula is C21H26Cl2N4O3. The summed E-state index contributed by atoms with van der Waals surface area (Å²) in [5.74, 6) is -0.0135. The van der Waals surface area contributed by atoms with Gasteiger partial charge in [0, 0.05) is 58.3 Å². The van der Waals surface area contributed by atoms with Crippen LogP contribution in [-0.4, -0.2) is 84.8 Å². The van der Waals surface area contributed by atoms with Crippen LogP contribution in [0.3, 0.4) is 0 Å². The van der Waals surface area contributed by atoms with Gasteiger partial charge in [0.2, 0.25) is 17.7 Å². The van der Waals surface area contributed by atoms with E-state index in [1.54, 1.807) is 29.2 Å². The first-order valence-corrected chi connectivity index (χ1v) is 10.9. The van der Waals surface area contributed by atoms with Gasteiger partial charge in [0.05, 0.1) is 16.6 Å². The lowest BCUT2D eigenvalue weighted by molar-refractivity contribution is -0.130. The molecule has 2 fully saturated rings. The second-order valence-corrected chi connectivity index (χ2v) is 8.26. The summed E-state index contributed by atoms with van der Waals surface area (Å²) in [6, 6.07) is 5.18. The van der Waals surface area contributed by atoms with Crippen molar-refractivity contribution >= 4 is 47.0 Å². The van der Waals surface area contributed by atoms with Crippen molar-refractivity contribution in [3.63, 3.8) is 0 Å². The zero-order chi connectivity index (χ0) is 21.5. The quantitative estimate of drug-likeness (QED) is 0.668. The van der Waals surface area contributed by atoms with Crippen LogP contribution in [0.15, 0.2) is 24.3 Å². The summed E-state index contributed by atoms with van der Waals surface area (Å²) in [5, 5.41) is 3.71. The van der Waals surface area contributed by atoms with Crippen molar-refractivity contribution in [1.29, 1.82) is 0 Å². The van der Waals surface area contributed by atoms with Crippen molar-refractivity contribution in [1.82, 2.24) is 20.0 Å². The zero-order valence-corrected chi connectivity index (χ0v) is 18.3. The first kappa shape index (κ1) is 22.6. The third-order valence-electron chi connectivity index (χ3n) is 5.28. The summed E-state index contributed by atoms with van der Waals surface area (Å²) in [6.07, 6.45) is 4.33. The van der Waals surface area contributed by atoms with Crippen molar-refractivity contribution in [2.45, 2.75) is 12.8 Å². The summed E-state index contributed by atoms with van der Waals surface area (Å²) < 4.78 is 0. The number of nitrogens with zero attached hydrogens (tertiary/aromatic N) is 3. The lowest BCUT2D eigenvalue weighted by Gasteiger charge is -2.28. The summed E-state index contributed by atoms with van der Waals surface area (Å²) in [7, 11) is 0. The molecular weight excluding hydrogens is 427 g/mol. The molecule has 0 aromatic heterocycles. The van der Waals surface area contributed by atoms with E-state index in [0.29, 0.717) is 55.7 Å². The Morgan fingerprint density at radius 1 is 1.07 bits per heavy atom. The molecule has 0 atom stereocenters. The highest BCUT2D eigenvalue weighted by atomic mass is 35.5. The van der Waals surface area contributed by atoms with E-state index in [1.165, 1.54) is 6.08 Å². The minimum Gasteiger partial charge on any atom is -0.354 e.